The van der Waals surface area contributed by atoms with Crippen LogP contribution in [0.5, 0.6) is 5.75 Å². The highest BCUT2D eigenvalue weighted by Crippen LogP contribution is 2.28. The van der Waals surface area contributed by atoms with Crippen LogP contribution in [0.2, 0.25) is 0 Å². The summed E-state index contributed by atoms with van der Waals surface area (Å²) in [6.07, 6.45) is 3.16. The summed E-state index contributed by atoms with van der Waals surface area (Å²) >= 11 is 0. The number of pyridine rings is 1. The first-order valence-electron chi connectivity index (χ1n) is 10.9. The summed E-state index contributed by atoms with van der Waals surface area (Å²) in [6.45, 7) is 2.28. The number of anilines is 2. The molecule has 0 aliphatic rings. The Balaban J connectivity index is 1.67. The van der Waals surface area contributed by atoms with Crippen LogP contribution >= 0.6 is 0 Å². The van der Waals surface area contributed by atoms with E-state index in [1.807, 2.05) is 18.2 Å². The fourth-order valence-corrected chi connectivity index (χ4v) is 3.37. The zero-order chi connectivity index (χ0) is 24.5. The summed E-state index contributed by atoms with van der Waals surface area (Å²) in [5.41, 5.74) is 3.03. The van der Waals surface area contributed by atoms with Gasteiger partial charge in [0.25, 0.3) is 5.91 Å². The number of rotatable bonds is 11. The summed E-state index contributed by atoms with van der Waals surface area (Å²) in [5, 5.41) is 27.3. The number of hydrogen-bond acceptors (Lipinski definition) is 9. The Morgan fingerprint density at radius 2 is 1.85 bits per heavy atom. The fourth-order valence-electron chi connectivity index (χ4n) is 3.37. The number of aromatic nitrogens is 3. The van der Waals surface area contributed by atoms with E-state index in [0.29, 0.717) is 35.2 Å². The lowest BCUT2D eigenvalue weighted by Crippen LogP contribution is -2.28. The van der Waals surface area contributed by atoms with Crippen LogP contribution < -0.4 is 20.7 Å². The standard InChI is InChI=1S/C24H30N6O4/c1-15(19-6-4-16(24(33)25-2)8-21(19)34-3)10-26-23-9-20(28-14-29-23)17-5-7-22(27-11-17)30-18(12-31)13-32/h4-9,11,14-15,18,31-32H,10,12-13H2,1-3H3,(H,25,33)(H,27,30)(H,26,28,29). The normalized spacial score (nSPS) is 11.7. The monoisotopic (exact) mass is 466 g/mol. The molecule has 0 bridgehead atoms. The van der Waals surface area contributed by atoms with Gasteiger partial charge in [-0.1, -0.05) is 13.0 Å². The van der Waals surface area contributed by atoms with Crippen molar-refractivity contribution >= 4 is 17.5 Å². The minimum absolute atomic E-state index is 0.0881. The topological polar surface area (TPSA) is 142 Å². The van der Waals surface area contributed by atoms with Gasteiger partial charge in [0, 0.05) is 42.9 Å². The molecule has 0 spiro atoms. The summed E-state index contributed by atoms with van der Waals surface area (Å²) < 4.78 is 5.51. The van der Waals surface area contributed by atoms with Gasteiger partial charge in [-0.25, -0.2) is 15.0 Å². The molecule has 1 unspecified atom stereocenters. The second-order valence-corrected chi connectivity index (χ2v) is 7.74. The number of hydrogen-bond donors (Lipinski definition) is 5. The number of carbonyl (C=O) groups excluding carboxylic acids is 1. The van der Waals surface area contributed by atoms with Gasteiger partial charge in [0.05, 0.1) is 32.1 Å². The van der Waals surface area contributed by atoms with Crippen molar-refractivity contribution in [1.29, 1.82) is 0 Å². The van der Waals surface area contributed by atoms with Crippen molar-refractivity contribution in [3.8, 4) is 17.0 Å². The van der Waals surface area contributed by atoms with Crippen LogP contribution in [0.4, 0.5) is 11.6 Å². The second kappa shape index (κ2) is 11.9. The highest BCUT2D eigenvalue weighted by molar-refractivity contribution is 5.94. The molecule has 3 rings (SSSR count). The summed E-state index contributed by atoms with van der Waals surface area (Å²) in [6, 6.07) is 10.4. The molecule has 10 nitrogen and oxygen atoms in total. The predicted molar refractivity (Wildman–Crippen MR) is 130 cm³/mol. The van der Waals surface area contributed by atoms with E-state index in [1.165, 1.54) is 6.33 Å². The van der Waals surface area contributed by atoms with Crippen LogP contribution in [0.25, 0.3) is 11.3 Å². The van der Waals surface area contributed by atoms with Crippen LogP contribution in [0, 0.1) is 0 Å². The van der Waals surface area contributed by atoms with Crippen molar-refractivity contribution in [3.05, 3.63) is 60.0 Å². The molecule has 180 valence electrons. The molecule has 0 fully saturated rings. The Bertz CT molecular complexity index is 1090. The molecule has 3 aromatic rings. The number of benzene rings is 1. The van der Waals surface area contributed by atoms with Crippen molar-refractivity contribution in [2.75, 3.05) is 44.5 Å². The van der Waals surface area contributed by atoms with E-state index in [1.54, 1.807) is 38.6 Å². The second-order valence-electron chi connectivity index (χ2n) is 7.74. The highest BCUT2D eigenvalue weighted by Gasteiger charge is 2.15. The third kappa shape index (κ3) is 6.18. The maximum atomic E-state index is 11.9. The Labute approximate surface area is 198 Å². The number of aliphatic hydroxyl groups is 2. The van der Waals surface area contributed by atoms with Gasteiger partial charge in [0.2, 0.25) is 0 Å². The first-order chi connectivity index (χ1) is 16.5. The first kappa shape index (κ1) is 24.9. The fraction of sp³-hybridized carbons (Fsp3) is 0.333. The molecule has 1 amide bonds. The molecule has 0 aliphatic carbocycles. The number of carbonyl (C=O) groups is 1. The maximum absolute atomic E-state index is 11.9. The lowest BCUT2D eigenvalue weighted by Gasteiger charge is -2.18. The van der Waals surface area contributed by atoms with E-state index < -0.39 is 6.04 Å². The molecular weight excluding hydrogens is 436 g/mol. The van der Waals surface area contributed by atoms with Crippen LogP contribution in [-0.2, 0) is 0 Å². The number of ether oxygens (including phenoxy) is 1. The van der Waals surface area contributed by atoms with Crippen LogP contribution in [-0.4, -0.2) is 71.0 Å². The third-order valence-electron chi connectivity index (χ3n) is 5.36. The van der Waals surface area contributed by atoms with E-state index >= 15 is 0 Å². The van der Waals surface area contributed by atoms with Crippen molar-refractivity contribution in [2.24, 2.45) is 0 Å². The Morgan fingerprint density at radius 1 is 1.06 bits per heavy atom. The van der Waals surface area contributed by atoms with Crippen LogP contribution in [0.1, 0.15) is 28.8 Å². The number of nitrogens with zero attached hydrogens (tertiary/aromatic N) is 3. The van der Waals surface area contributed by atoms with Crippen molar-refractivity contribution in [1.82, 2.24) is 20.3 Å². The van der Waals surface area contributed by atoms with Crippen molar-refractivity contribution in [2.45, 2.75) is 18.9 Å². The number of amides is 1. The molecule has 5 N–H and O–H groups in total. The van der Waals surface area contributed by atoms with E-state index in [9.17, 15) is 15.0 Å². The quantitative estimate of drug-likeness (QED) is 0.286. The number of nitrogens with one attached hydrogen (secondary N) is 3. The first-order valence-corrected chi connectivity index (χ1v) is 10.9. The third-order valence-corrected chi connectivity index (χ3v) is 5.36. The molecule has 0 aliphatic heterocycles. The van der Waals surface area contributed by atoms with E-state index in [4.69, 9.17) is 4.74 Å². The zero-order valence-electron chi connectivity index (χ0n) is 19.4. The van der Waals surface area contributed by atoms with Crippen molar-refractivity contribution in [3.63, 3.8) is 0 Å². The van der Waals surface area contributed by atoms with Gasteiger partial charge < -0.3 is 30.9 Å². The zero-order valence-corrected chi connectivity index (χ0v) is 19.4. The summed E-state index contributed by atoms with van der Waals surface area (Å²) in [4.78, 5) is 24.9. The van der Waals surface area contributed by atoms with E-state index in [-0.39, 0.29) is 25.0 Å². The molecule has 0 saturated carbocycles. The minimum Gasteiger partial charge on any atom is -0.496 e. The molecule has 34 heavy (non-hydrogen) atoms. The summed E-state index contributed by atoms with van der Waals surface area (Å²) in [5.74, 6) is 1.80. The van der Waals surface area contributed by atoms with Gasteiger partial charge >= 0.3 is 0 Å². The van der Waals surface area contributed by atoms with Crippen LogP contribution in [0.3, 0.4) is 0 Å². The van der Waals surface area contributed by atoms with Crippen LogP contribution in [0.15, 0.2) is 48.9 Å². The molecule has 2 aromatic heterocycles. The van der Waals surface area contributed by atoms with E-state index in [2.05, 4.69) is 37.8 Å². The lowest BCUT2D eigenvalue weighted by molar-refractivity contribution is 0.0962. The number of aliphatic hydroxyl groups excluding tert-OH is 2. The Kier molecular flexibility index (Phi) is 8.72. The Morgan fingerprint density at radius 3 is 2.50 bits per heavy atom. The van der Waals surface area contributed by atoms with Gasteiger partial charge in [-0.15, -0.1) is 0 Å². The molecule has 0 radical (unpaired) electrons. The molecular formula is C24H30N6O4. The van der Waals surface area contributed by atoms with Gasteiger partial charge in [-0.05, 0) is 29.8 Å². The molecule has 10 heteroatoms. The molecule has 1 atom stereocenters. The largest absolute Gasteiger partial charge is 0.496 e. The number of methoxy groups -OCH3 is 1. The molecule has 1 aromatic carbocycles. The smallest absolute Gasteiger partial charge is 0.251 e. The van der Waals surface area contributed by atoms with Gasteiger partial charge in [0.1, 0.15) is 23.7 Å². The van der Waals surface area contributed by atoms with Gasteiger partial charge in [0.15, 0.2) is 0 Å². The molecule has 0 saturated heterocycles. The average molecular weight is 467 g/mol. The highest BCUT2D eigenvalue weighted by atomic mass is 16.5. The average Bonchev–Trinajstić information content (AvgIpc) is 2.90. The van der Waals surface area contributed by atoms with Gasteiger partial charge in [-0.3, -0.25) is 4.79 Å². The maximum Gasteiger partial charge on any atom is 0.251 e. The predicted octanol–water partition coefficient (Wildman–Crippen LogP) is 1.89. The van der Waals surface area contributed by atoms with Crippen molar-refractivity contribution < 1.29 is 19.7 Å². The molecule has 2 heterocycles. The summed E-state index contributed by atoms with van der Waals surface area (Å²) in [7, 11) is 3.18. The van der Waals surface area contributed by atoms with Gasteiger partial charge in [-0.2, -0.15) is 0 Å². The SMILES string of the molecule is CNC(=O)c1ccc(C(C)CNc2cc(-c3ccc(NC(CO)CO)nc3)ncn2)c(OC)c1. The minimum atomic E-state index is -0.464. The Hall–Kier alpha value is -3.76. The van der Waals surface area contributed by atoms with E-state index in [0.717, 1.165) is 11.1 Å². The lowest BCUT2D eigenvalue weighted by atomic mass is 9.98.